The van der Waals surface area contributed by atoms with Gasteiger partial charge in [-0.2, -0.15) is 0 Å². The maximum absolute atomic E-state index is 5.70. The molecule has 0 aromatic heterocycles. The molecular weight excluding hydrogens is 570 g/mol. The lowest BCUT2D eigenvalue weighted by molar-refractivity contribution is -0.00978. The molecule has 0 spiro atoms. The predicted molar refractivity (Wildman–Crippen MR) is 150 cm³/mol. The number of benzene rings is 3. The van der Waals surface area contributed by atoms with Gasteiger partial charge in [-0.05, 0) is 60.5 Å². The zero-order chi connectivity index (χ0) is 24.9. The number of hydrogen-bond donors (Lipinski definition) is 0. The first kappa shape index (κ1) is 26.0. The fourth-order valence-corrected chi connectivity index (χ4v) is 5.65. The van der Waals surface area contributed by atoms with E-state index in [1.807, 2.05) is 24.3 Å². The normalized spacial score (nSPS) is 15.3. The quantitative estimate of drug-likeness (QED) is 0.286. The first-order valence-corrected chi connectivity index (χ1v) is 13.4. The largest absolute Gasteiger partial charge is 0.496 e. The van der Waals surface area contributed by atoms with Gasteiger partial charge in [-0.25, -0.2) is 0 Å². The Morgan fingerprint density at radius 1 is 0.771 bits per heavy atom. The zero-order valence-corrected chi connectivity index (χ0v) is 24.0. The summed E-state index contributed by atoms with van der Waals surface area (Å²) in [7, 11) is 7.64. The van der Waals surface area contributed by atoms with Crippen molar-refractivity contribution in [2.75, 3.05) is 46.3 Å². The first-order chi connectivity index (χ1) is 16.9. The third-order valence-electron chi connectivity index (χ3n) is 6.52. The third kappa shape index (κ3) is 6.20. The molecule has 0 atom stereocenters. The number of halogens is 2. The molecule has 1 aliphatic rings. The van der Waals surface area contributed by atoms with E-state index in [0.717, 1.165) is 53.0 Å². The van der Waals surface area contributed by atoms with Crippen LogP contribution in [0.15, 0.2) is 69.6 Å². The Hall–Kier alpha value is -2.06. The highest BCUT2D eigenvalue weighted by molar-refractivity contribution is 9.10. The molecule has 0 aliphatic carbocycles. The summed E-state index contributed by atoms with van der Waals surface area (Å²) in [6, 6.07) is 21.4. The summed E-state index contributed by atoms with van der Waals surface area (Å²) in [6.07, 6.45) is 1.23. The Balaban J connectivity index is 1.71. The maximum atomic E-state index is 5.70. The van der Waals surface area contributed by atoms with Gasteiger partial charge in [0.25, 0.3) is 0 Å². The summed E-state index contributed by atoms with van der Waals surface area (Å²) < 4.78 is 13.5. The van der Waals surface area contributed by atoms with Crippen LogP contribution in [-0.4, -0.2) is 51.2 Å². The van der Waals surface area contributed by atoms with Gasteiger partial charge in [0.15, 0.2) is 0 Å². The molecule has 0 saturated carbocycles. The van der Waals surface area contributed by atoms with Gasteiger partial charge in [0.05, 0.1) is 20.4 Å². The zero-order valence-electron chi connectivity index (χ0n) is 20.8. The topological polar surface area (TPSA) is 28.2 Å². The van der Waals surface area contributed by atoms with Gasteiger partial charge in [-0.3, -0.25) is 9.80 Å². The molecule has 5 nitrogen and oxygen atoms in total. The lowest BCUT2D eigenvalue weighted by atomic mass is 10.0. The van der Waals surface area contributed by atoms with E-state index in [-0.39, 0.29) is 6.17 Å². The van der Waals surface area contributed by atoms with Gasteiger partial charge in [0.1, 0.15) is 11.5 Å². The van der Waals surface area contributed by atoms with E-state index in [0.29, 0.717) is 0 Å². The molecular formula is C28H33Br2N3O2. The molecule has 186 valence electrons. The maximum Gasteiger partial charge on any atom is 0.123 e. The Labute approximate surface area is 225 Å². The van der Waals surface area contributed by atoms with E-state index in [4.69, 9.17) is 9.47 Å². The summed E-state index contributed by atoms with van der Waals surface area (Å²) in [5.74, 6) is 1.83. The second-order valence-electron chi connectivity index (χ2n) is 9.07. The average Bonchev–Trinajstić information content (AvgIpc) is 2.85. The highest BCUT2D eigenvalue weighted by Gasteiger charge is 2.32. The smallest absolute Gasteiger partial charge is 0.123 e. The monoisotopic (exact) mass is 601 g/mol. The minimum atomic E-state index is 0.132. The molecule has 0 unspecified atom stereocenters. The number of methoxy groups -OCH3 is 2. The van der Waals surface area contributed by atoms with Crippen LogP contribution < -0.4 is 14.4 Å². The highest BCUT2D eigenvalue weighted by Crippen LogP contribution is 2.36. The van der Waals surface area contributed by atoms with Crippen molar-refractivity contribution in [3.8, 4) is 11.5 Å². The second kappa shape index (κ2) is 11.8. The minimum Gasteiger partial charge on any atom is -0.496 e. The van der Waals surface area contributed by atoms with Crippen molar-refractivity contribution >= 4 is 37.5 Å². The van der Waals surface area contributed by atoms with Crippen molar-refractivity contribution in [2.24, 2.45) is 0 Å². The second-order valence-corrected chi connectivity index (χ2v) is 10.9. The molecule has 0 amide bonds. The SMILES string of the molecule is COc1ccc(Br)cc1CN1CCCN(Cc2cc(Br)ccc2OC)C1c1ccc(N(C)C)cc1. The van der Waals surface area contributed by atoms with E-state index in [9.17, 15) is 0 Å². The fraction of sp³-hybridized carbons (Fsp3) is 0.357. The molecule has 3 aromatic rings. The number of nitrogens with zero attached hydrogens (tertiary/aromatic N) is 3. The lowest BCUT2D eigenvalue weighted by Crippen LogP contribution is -2.47. The van der Waals surface area contributed by atoms with E-state index < -0.39 is 0 Å². The van der Waals surface area contributed by atoms with Gasteiger partial charge in [0, 0.05) is 66.0 Å². The highest BCUT2D eigenvalue weighted by atomic mass is 79.9. The molecule has 35 heavy (non-hydrogen) atoms. The minimum absolute atomic E-state index is 0.132. The molecule has 7 heteroatoms. The van der Waals surface area contributed by atoms with Crippen molar-refractivity contribution in [2.45, 2.75) is 25.7 Å². The Bertz CT molecular complexity index is 1070. The van der Waals surface area contributed by atoms with Crippen molar-refractivity contribution < 1.29 is 9.47 Å². The molecule has 4 rings (SSSR count). The number of hydrogen-bond acceptors (Lipinski definition) is 5. The van der Waals surface area contributed by atoms with Gasteiger partial charge in [0.2, 0.25) is 0 Å². The van der Waals surface area contributed by atoms with E-state index >= 15 is 0 Å². The van der Waals surface area contributed by atoms with Crippen LogP contribution in [0.3, 0.4) is 0 Å². The van der Waals surface area contributed by atoms with Crippen molar-refractivity contribution in [3.63, 3.8) is 0 Å². The molecule has 1 saturated heterocycles. The molecule has 0 N–H and O–H groups in total. The third-order valence-corrected chi connectivity index (χ3v) is 7.51. The lowest BCUT2D eigenvalue weighted by Gasteiger charge is -2.44. The predicted octanol–water partition coefficient (Wildman–Crippen LogP) is 6.70. The summed E-state index contributed by atoms with van der Waals surface area (Å²) in [4.78, 5) is 7.25. The van der Waals surface area contributed by atoms with Crippen LogP contribution in [0, 0.1) is 0 Å². The van der Waals surface area contributed by atoms with Gasteiger partial charge in [-0.1, -0.05) is 44.0 Å². The van der Waals surface area contributed by atoms with Crippen LogP contribution in [0.4, 0.5) is 5.69 Å². The van der Waals surface area contributed by atoms with Crippen molar-refractivity contribution in [1.82, 2.24) is 9.80 Å². The van der Waals surface area contributed by atoms with Gasteiger partial charge >= 0.3 is 0 Å². The molecule has 1 fully saturated rings. The van der Waals surface area contributed by atoms with Crippen molar-refractivity contribution in [1.29, 1.82) is 0 Å². The Morgan fingerprint density at radius 3 is 1.69 bits per heavy atom. The molecule has 0 bridgehead atoms. The van der Waals surface area contributed by atoms with Crippen LogP contribution >= 0.6 is 31.9 Å². The summed E-state index contributed by atoms with van der Waals surface area (Å²) in [5.41, 5.74) is 4.85. The van der Waals surface area contributed by atoms with E-state index in [1.165, 1.54) is 22.4 Å². The standard InChI is InChI=1S/C28H33Br2N3O2/c1-31(2)25-10-6-20(7-11-25)28-32(18-21-16-23(29)8-12-26(21)34-3)14-5-15-33(28)19-22-17-24(30)9-13-27(22)35-4/h6-13,16-17,28H,5,14-15,18-19H2,1-4H3. The summed E-state index contributed by atoms with van der Waals surface area (Å²) in [6.45, 7) is 3.63. The van der Waals surface area contributed by atoms with Crippen LogP contribution in [0.1, 0.15) is 29.3 Å². The van der Waals surface area contributed by atoms with Crippen LogP contribution in [0.25, 0.3) is 0 Å². The first-order valence-electron chi connectivity index (χ1n) is 11.8. The van der Waals surface area contributed by atoms with Crippen LogP contribution in [0.2, 0.25) is 0 Å². The Morgan fingerprint density at radius 2 is 1.26 bits per heavy atom. The van der Waals surface area contributed by atoms with Crippen molar-refractivity contribution in [3.05, 3.63) is 86.3 Å². The van der Waals surface area contributed by atoms with Crippen LogP contribution in [-0.2, 0) is 13.1 Å². The number of anilines is 1. The number of rotatable bonds is 8. The average molecular weight is 603 g/mol. The summed E-state index contributed by atoms with van der Waals surface area (Å²) >= 11 is 7.29. The summed E-state index contributed by atoms with van der Waals surface area (Å²) in [5, 5.41) is 0. The molecule has 1 heterocycles. The molecule has 3 aromatic carbocycles. The number of ether oxygens (including phenoxy) is 2. The Kier molecular flexibility index (Phi) is 8.76. The van der Waals surface area contributed by atoms with E-state index in [1.54, 1.807) is 14.2 Å². The fourth-order valence-electron chi connectivity index (χ4n) is 4.83. The van der Waals surface area contributed by atoms with Gasteiger partial charge in [-0.15, -0.1) is 0 Å². The molecule has 0 radical (unpaired) electrons. The van der Waals surface area contributed by atoms with E-state index in [2.05, 4.69) is 97.1 Å². The van der Waals surface area contributed by atoms with Crippen LogP contribution in [0.5, 0.6) is 11.5 Å². The van der Waals surface area contributed by atoms with Gasteiger partial charge < -0.3 is 14.4 Å². The molecule has 1 aliphatic heterocycles.